The van der Waals surface area contributed by atoms with Gasteiger partial charge < -0.3 is 15.0 Å². The minimum Gasteiger partial charge on any atom is -0.377 e. The Kier molecular flexibility index (Phi) is 5.33. The van der Waals surface area contributed by atoms with E-state index in [1.807, 2.05) is 36.1 Å². The summed E-state index contributed by atoms with van der Waals surface area (Å²) in [6.45, 7) is 3.37. The number of methoxy groups -OCH3 is 1. The molecule has 0 bridgehead atoms. The Balaban J connectivity index is 1.62. The van der Waals surface area contributed by atoms with E-state index >= 15 is 0 Å². The van der Waals surface area contributed by atoms with Gasteiger partial charge in [0.1, 0.15) is 0 Å². The second kappa shape index (κ2) is 7.64. The number of urea groups is 1. The SMILES string of the molecule is CO[C@H](C)c1cccc(NC(=O)N2CC=C(c3cccs3)CC2)c1. The average Bonchev–Trinajstić information content (AvgIpc) is 3.16. The number of carbonyl (C=O) groups excluding carboxylic acids is 1. The van der Waals surface area contributed by atoms with E-state index in [-0.39, 0.29) is 12.1 Å². The maximum absolute atomic E-state index is 12.5. The number of amides is 2. The molecule has 4 nitrogen and oxygen atoms in total. The third kappa shape index (κ3) is 3.86. The van der Waals surface area contributed by atoms with Gasteiger partial charge in [0.25, 0.3) is 0 Å². The molecule has 126 valence electrons. The van der Waals surface area contributed by atoms with Gasteiger partial charge in [-0.3, -0.25) is 0 Å². The molecular weight excluding hydrogens is 320 g/mol. The number of rotatable bonds is 4. The van der Waals surface area contributed by atoms with E-state index in [9.17, 15) is 4.79 Å². The molecule has 1 aromatic heterocycles. The van der Waals surface area contributed by atoms with Crippen LogP contribution in [0.2, 0.25) is 0 Å². The van der Waals surface area contributed by atoms with Gasteiger partial charge >= 0.3 is 6.03 Å². The van der Waals surface area contributed by atoms with E-state index < -0.39 is 0 Å². The van der Waals surface area contributed by atoms with Crippen molar-refractivity contribution in [2.24, 2.45) is 0 Å². The predicted molar refractivity (Wildman–Crippen MR) is 99.4 cm³/mol. The molecule has 0 aliphatic carbocycles. The van der Waals surface area contributed by atoms with E-state index in [0.29, 0.717) is 6.54 Å². The van der Waals surface area contributed by atoms with Crippen LogP contribution in [0.15, 0.2) is 47.9 Å². The first kappa shape index (κ1) is 16.7. The first-order valence-corrected chi connectivity index (χ1v) is 8.97. The molecule has 2 heterocycles. The van der Waals surface area contributed by atoms with Crippen LogP contribution < -0.4 is 5.32 Å². The van der Waals surface area contributed by atoms with Gasteiger partial charge in [0.15, 0.2) is 0 Å². The number of anilines is 1. The summed E-state index contributed by atoms with van der Waals surface area (Å²) in [6.07, 6.45) is 3.06. The number of nitrogens with zero attached hydrogens (tertiary/aromatic N) is 1. The number of hydrogen-bond donors (Lipinski definition) is 1. The van der Waals surface area contributed by atoms with E-state index in [1.165, 1.54) is 10.5 Å². The molecule has 2 aromatic rings. The molecule has 0 spiro atoms. The van der Waals surface area contributed by atoms with Crippen molar-refractivity contribution in [3.8, 4) is 0 Å². The molecule has 0 radical (unpaired) electrons. The molecule has 1 atom stereocenters. The molecule has 3 rings (SSSR count). The van der Waals surface area contributed by atoms with Crippen molar-refractivity contribution in [3.05, 3.63) is 58.3 Å². The highest BCUT2D eigenvalue weighted by Crippen LogP contribution is 2.26. The van der Waals surface area contributed by atoms with E-state index in [4.69, 9.17) is 4.74 Å². The second-order valence-corrected chi connectivity index (χ2v) is 6.78. The molecule has 1 N–H and O–H groups in total. The van der Waals surface area contributed by atoms with Gasteiger partial charge in [-0.25, -0.2) is 4.79 Å². The quantitative estimate of drug-likeness (QED) is 0.869. The van der Waals surface area contributed by atoms with Crippen molar-refractivity contribution >= 4 is 28.6 Å². The number of hydrogen-bond acceptors (Lipinski definition) is 3. The highest BCUT2D eigenvalue weighted by atomic mass is 32.1. The molecule has 0 saturated carbocycles. The lowest BCUT2D eigenvalue weighted by Crippen LogP contribution is -2.37. The number of nitrogens with one attached hydrogen (secondary N) is 1. The topological polar surface area (TPSA) is 41.6 Å². The Labute approximate surface area is 146 Å². The lowest BCUT2D eigenvalue weighted by Gasteiger charge is -2.26. The second-order valence-electron chi connectivity index (χ2n) is 5.84. The molecule has 0 unspecified atom stereocenters. The van der Waals surface area contributed by atoms with Gasteiger partial charge in [0.2, 0.25) is 0 Å². The normalized spacial score (nSPS) is 15.8. The van der Waals surface area contributed by atoms with Gasteiger partial charge in [-0.2, -0.15) is 0 Å². The predicted octanol–water partition coefficient (Wildman–Crippen LogP) is 4.78. The summed E-state index contributed by atoms with van der Waals surface area (Å²) in [4.78, 5) is 15.6. The maximum Gasteiger partial charge on any atom is 0.322 e. The summed E-state index contributed by atoms with van der Waals surface area (Å²) >= 11 is 1.75. The Morgan fingerprint density at radius 1 is 1.33 bits per heavy atom. The molecule has 5 heteroatoms. The van der Waals surface area contributed by atoms with Crippen molar-refractivity contribution in [1.82, 2.24) is 4.90 Å². The van der Waals surface area contributed by atoms with Crippen molar-refractivity contribution in [3.63, 3.8) is 0 Å². The van der Waals surface area contributed by atoms with E-state index in [0.717, 1.165) is 24.2 Å². The lowest BCUT2D eigenvalue weighted by atomic mass is 10.1. The van der Waals surface area contributed by atoms with Crippen LogP contribution in [-0.2, 0) is 4.74 Å². The molecule has 1 aliphatic heterocycles. The first-order chi connectivity index (χ1) is 11.7. The van der Waals surface area contributed by atoms with Gasteiger partial charge in [0, 0.05) is 30.8 Å². The fourth-order valence-corrected chi connectivity index (χ4v) is 3.54. The summed E-state index contributed by atoms with van der Waals surface area (Å²) in [5.74, 6) is 0. The maximum atomic E-state index is 12.5. The van der Waals surface area contributed by atoms with Crippen molar-refractivity contribution in [1.29, 1.82) is 0 Å². The highest BCUT2D eigenvalue weighted by molar-refractivity contribution is 7.11. The third-order valence-electron chi connectivity index (χ3n) is 4.29. The first-order valence-electron chi connectivity index (χ1n) is 8.09. The Bertz CT molecular complexity index is 725. The zero-order chi connectivity index (χ0) is 16.9. The van der Waals surface area contributed by atoms with Crippen molar-refractivity contribution in [2.45, 2.75) is 19.4 Å². The average molecular weight is 342 g/mol. The van der Waals surface area contributed by atoms with E-state index in [2.05, 4.69) is 28.9 Å². The fraction of sp³-hybridized carbons (Fsp3) is 0.316. The van der Waals surface area contributed by atoms with Crippen LogP contribution in [-0.4, -0.2) is 31.1 Å². The van der Waals surface area contributed by atoms with Crippen LogP contribution in [0.5, 0.6) is 0 Å². The number of ether oxygens (including phenoxy) is 1. The Hall–Kier alpha value is -2.11. The minimum atomic E-state index is -0.0568. The summed E-state index contributed by atoms with van der Waals surface area (Å²) in [6, 6.07) is 11.9. The Morgan fingerprint density at radius 3 is 2.88 bits per heavy atom. The van der Waals surface area contributed by atoms with E-state index in [1.54, 1.807) is 18.4 Å². The summed E-state index contributed by atoms with van der Waals surface area (Å²) in [5.41, 5.74) is 3.19. The zero-order valence-corrected chi connectivity index (χ0v) is 14.8. The van der Waals surface area contributed by atoms with Crippen molar-refractivity contribution in [2.75, 3.05) is 25.5 Å². The van der Waals surface area contributed by atoms with Crippen LogP contribution in [0.4, 0.5) is 10.5 Å². The van der Waals surface area contributed by atoms with Gasteiger partial charge in [0.05, 0.1) is 6.10 Å². The highest BCUT2D eigenvalue weighted by Gasteiger charge is 2.18. The summed E-state index contributed by atoms with van der Waals surface area (Å²) < 4.78 is 5.33. The molecule has 0 saturated heterocycles. The summed E-state index contributed by atoms with van der Waals surface area (Å²) in [5, 5.41) is 5.07. The molecular formula is C19H22N2O2S. The number of benzene rings is 1. The van der Waals surface area contributed by atoms with Crippen LogP contribution in [0.25, 0.3) is 5.57 Å². The smallest absolute Gasteiger partial charge is 0.322 e. The van der Waals surface area contributed by atoms with Crippen LogP contribution in [0, 0.1) is 0 Å². The minimum absolute atomic E-state index is 0.00752. The lowest BCUT2D eigenvalue weighted by molar-refractivity contribution is 0.119. The van der Waals surface area contributed by atoms with Gasteiger partial charge in [-0.05, 0) is 48.1 Å². The summed E-state index contributed by atoms with van der Waals surface area (Å²) in [7, 11) is 1.68. The van der Waals surface area contributed by atoms with Crippen LogP contribution >= 0.6 is 11.3 Å². The van der Waals surface area contributed by atoms with Crippen LogP contribution in [0.1, 0.15) is 29.9 Å². The fourth-order valence-electron chi connectivity index (χ4n) is 2.75. The molecule has 1 aliphatic rings. The largest absolute Gasteiger partial charge is 0.377 e. The standard InChI is InChI=1S/C19H22N2O2S/c1-14(23-2)16-5-3-6-17(13-16)20-19(22)21-10-8-15(9-11-21)18-7-4-12-24-18/h3-8,12-14H,9-11H2,1-2H3,(H,20,22)/t14-/m1/s1. The van der Waals surface area contributed by atoms with Crippen LogP contribution in [0.3, 0.4) is 0 Å². The molecule has 24 heavy (non-hydrogen) atoms. The molecule has 2 amide bonds. The number of carbonyl (C=O) groups is 1. The molecule has 1 aromatic carbocycles. The number of thiophene rings is 1. The van der Waals surface area contributed by atoms with Gasteiger partial charge in [-0.15, -0.1) is 11.3 Å². The monoisotopic (exact) mass is 342 g/mol. The zero-order valence-electron chi connectivity index (χ0n) is 14.0. The van der Waals surface area contributed by atoms with Gasteiger partial charge in [-0.1, -0.05) is 24.3 Å². The Morgan fingerprint density at radius 2 is 2.21 bits per heavy atom. The third-order valence-corrected chi connectivity index (χ3v) is 5.24. The molecule has 0 fully saturated rings. The van der Waals surface area contributed by atoms with Crippen molar-refractivity contribution < 1.29 is 9.53 Å².